The number of sulfone groups is 1. The zero-order chi connectivity index (χ0) is 15.5. The molecule has 0 spiro atoms. The molecule has 0 fully saturated rings. The number of hydrogen-bond acceptors (Lipinski definition) is 3. The number of hydrogen-bond donors (Lipinski definition) is 1. The van der Waals surface area contributed by atoms with Crippen molar-refractivity contribution in [2.24, 2.45) is 5.92 Å². The van der Waals surface area contributed by atoms with Crippen LogP contribution in [0.5, 0.6) is 0 Å². The molecule has 1 aromatic carbocycles. The van der Waals surface area contributed by atoms with E-state index in [-0.39, 0.29) is 11.3 Å². The first-order valence-electron chi connectivity index (χ1n) is 7.92. The Bertz CT molecular complexity index is 566. The van der Waals surface area contributed by atoms with Gasteiger partial charge in [0.2, 0.25) is 0 Å². The van der Waals surface area contributed by atoms with Gasteiger partial charge in [0.15, 0.2) is 9.84 Å². The van der Waals surface area contributed by atoms with E-state index < -0.39 is 9.84 Å². The summed E-state index contributed by atoms with van der Waals surface area (Å²) < 4.78 is 24.2. The third kappa shape index (κ3) is 3.86. The van der Waals surface area contributed by atoms with Gasteiger partial charge in [-0.1, -0.05) is 24.3 Å². The average Bonchev–Trinajstić information content (AvgIpc) is 2.63. The van der Waals surface area contributed by atoms with Crippen LogP contribution in [0.2, 0.25) is 0 Å². The smallest absolute Gasteiger partial charge is 0.152 e. The van der Waals surface area contributed by atoms with E-state index in [9.17, 15) is 8.42 Å². The van der Waals surface area contributed by atoms with E-state index in [0.29, 0.717) is 11.7 Å². The molecule has 1 N–H and O–H groups in total. The van der Waals surface area contributed by atoms with Crippen molar-refractivity contribution in [1.82, 2.24) is 5.32 Å². The zero-order valence-corrected chi connectivity index (χ0v) is 14.1. The largest absolute Gasteiger partial charge is 0.313 e. The lowest BCUT2D eigenvalue weighted by Gasteiger charge is -2.26. The molecule has 0 amide bonds. The fourth-order valence-corrected chi connectivity index (χ4v) is 4.40. The number of rotatable bonds is 5. The van der Waals surface area contributed by atoms with Crippen molar-refractivity contribution in [1.29, 1.82) is 0 Å². The van der Waals surface area contributed by atoms with Crippen LogP contribution in [0.1, 0.15) is 50.3 Å². The highest BCUT2D eigenvalue weighted by molar-refractivity contribution is 7.91. The maximum Gasteiger partial charge on any atom is 0.152 e. The van der Waals surface area contributed by atoms with Crippen molar-refractivity contribution in [3.8, 4) is 0 Å². The molecule has 0 aromatic heterocycles. The van der Waals surface area contributed by atoms with E-state index in [0.717, 1.165) is 25.7 Å². The lowest BCUT2D eigenvalue weighted by molar-refractivity contribution is 0.351. The monoisotopic (exact) mass is 309 g/mol. The minimum atomic E-state index is -2.95. The summed E-state index contributed by atoms with van der Waals surface area (Å²) in [5.41, 5.74) is 2.76. The van der Waals surface area contributed by atoms with Gasteiger partial charge in [0.25, 0.3) is 0 Å². The fourth-order valence-electron chi connectivity index (χ4n) is 3.29. The third-order valence-electron chi connectivity index (χ3n) is 4.68. The zero-order valence-electron chi connectivity index (χ0n) is 13.3. The lowest BCUT2D eigenvalue weighted by Crippen LogP contribution is -2.28. The van der Waals surface area contributed by atoms with E-state index in [1.54, 1.807) is 13.8 Å². The summed E-state index contributed by atoms with van der Waals surface area (Å²) in [6, 6.07) is 8.83. The maximum absolute atomic E-state index is 12.1. The van der Waals surface area contributed by atoms with Crippen molar-refractivity contribution < 1.29 is 8.42 Å². The van der Waals surface area contributed by atoms with Crippen molar-refractivity contribution in [3.05, 3.63) is 35.4 Å². The number of aryl methyl sites for hydroxylation is 1. The van der Waals surface area contributed by atoms with Crippen molar-refractivity contribution in [2.45, 2.75) is 50.8 Å². The van der Waals surface area contributed by atoms with Gasteiger partial charge in [0.05, 0.1) is 11.0 Å². The van der Waals surface area contributed by atoms with Gasteiger partial charge in [0, 0.05) is 6.04 Å². The summed E-state index contributed by atoms with van der Waals surface area (Å²) in [5, 5.41) is 3.15. The SMILES string of the molecule is CNC1c2ccccc2CCCC1CCS(=O)(=O)C(C)C. The van der Waals surface area contributed by atoms with Gasteiger partial charge in [-0.3, -0.25) is 0 Å². The first-order chi connectivity index (χ1) is 9.95. The fraction of sp³-hybridized carbons (Fsp3) is 0.647. The van der Waals surface area contributed by atoms with Crippen molar-refractivity contribution in [2.75, 3.05) is 12.8 Å². The van der Waals surface area contributed by atoms with Crippen LogP contribution in [0.15, 0.2) is 24.3 Å². The van der Waals surface area contributed by atoms with Crippen LogP contribution in [-0.4, -0.2) is 26.5 Å². The Balaban J connectivity index is 2.17. The van der Waals surface area contributed by atoms with Gasteiger partial charge >= 0.3 is 0 Å². The van der Waals surface area contributed by atoms with Gasteiger partial charge in [-0.05, 0) is 63.6 Å². The molecule has 0 bridgehead atoms. The van der Waals surface area contributed by atoms with Gasteiger partial charge in [-0.25, -0.2) is 8.42 Å². The molecular weight excluding hydrogens is 282 g/mol. The van der Waals surface area contributed by atoms with Crippen LogP contribution in [-0.2, 0) is 16.3 Å². The van der Waals surface area contributed by atoms with Gasteiger partial charge in [0.1, 0.15) is 0 Å². The summed E-state index contributed by atoms with van der Waals surface area (Å²) in [6.45, 7) is 3.54. The second-order valence-electron chi connectivity index (χ2n) is 6.32. The molecule has 2 atom stereocenters. The Morgan fingerprint density at radius 2 is 2.00 bits per heavy atom. The minimum absolute atomic E-state index is 0.270. The Hall–Kier alpha value is -0.870. The van der Waals surface area contributed by atoms with E-state index in [2.05, 4.69) is 29.6 Å². The molecule has 2 rings (SSSR count). The second-order valence-corrected chi connectivity index (χ2v) is 9.00. The Morgan fingerprint density at radius 3 is 2.67 bits per heavy atom. The van der Waals surface area contributed by atoms with Gasteiger partial charge in [-0.2, -0.15) is 0 Å². The van der Waals surface area contributed by atoms with Crippen LogP contribution in [0, 0.1) is 5.92 Å². The predicted octanol–water partition coefficient (Wildman–Crippen LogP) is 3.11. The van der Waals surface area contributed by atoms with Crippen LogP contribution >= 0.6 is 0 Å². The highest BCUT2D eigenvalue weighted by Gasteiger charge is 2.28. The second kappa shape index (κ2) is 6.93. The normalized spacial score (nSPS) is 22.9. The Morgan fingerprint density at radius 1 is 1.29 bits per heavy atom. The first kappa shape index (κ1) is 16.5. The topological polar surface area (TPSA) is 46.2 Å². The molecule has 0 saturated carbocycles. The molecular formula is C17H27NO2S. The summed E-state index contributed by atoms with van der Waals surface area (Å²) >= 11 is 0. The van der Waals surface area contributed by atoms with Crippen molar-refractivity contribution in [3.63, 3.8) is 0 Å². The van der Waals surface area contributed by atoms with E-state index in [1.165, 1.54) is 11.1 Å². The molecule has 3 nitrogen and oxygen atoms in total. The molecule has 118 valence electrons. The molecule has 4 heteroatoms. The van der Waals surface area contributed by atoms with Crippen LogP contribution < -0.4 is 5.32 Å². The third-order valence-corrected chi connectivity index (χ3v) is 6.93. The molecule has 0 aliphatic heterocycles. The maximum atomic E-state index is 12.1. The minimum Gasteiger partial charge on any atom is -0.313 e. The highest BCUT2D eigenvalue weighted by atomic mass is 32.2. The van der Waals surface area contributed by atoms with Crippen LogP contribution in [0.3, 0.4) is 0 Å². The molecule has 1 aromatic rings. The molecule has 0 radical (unpaired) electrons. The summed E-state index contributed by atoms with van der Waals surface area (Å²) in [5.74, 6) is 0.697. The summed E-state index contributed by atoms with van der Waals surface area (Å²) in [6.07, 6.45) is 4.08. The standard InChI is InChI=1S/C17H27NO2S/c1-13(2)21(19,20)12-11-15-9-6-8-14-7-4-5-10-16(14)17(15)18-3/h4-5,7,10,13,15,17-18H,6,8-9,11-12H2,1-3H3. The lowest BCUT2D eigenvalue weighted by atomic mass is 9.89. The number of nitrogens with one attached hydrogen (secondary N) is 1. The molecule has 1 aliphatic carbocycles. The van der Waals surface area contributed by atoms with E-state index in [4.69, 9.17) is 0 Å². The quantitative estimate of drug-likeness (QED) is 0.850. The predicted molar refractivity (Wildman–Crippen MR) is 88.2 cm³/mol. The van der Waals surface area contributed by atoms with Gasteiger partial charge < -0.3 is 5.32 Å². The Kier molecular flexibility index (Phi) is 5.44. The molecule has 1 aliphatic rings. The highest BCUT2D eigenvalue weighted by Crippen LogP contribution is 2.35. The number of fused-ring (bicyclic) bond motifs is 1. The summed E-state index contributed by atoms with van der Waals surface area (Å²) in [4.78, 5) is 0. The van der Waals surface area contributed by atoms with Crippen molar-refractivity contribution >= 4 is 9.84 Å². The molecule has 0 heterocycles. The van der Waals surface area contributed by atoms with E-state index in [1.807, 2.05) is 7.05 Å². The Labute approximate surface area is 129 Å². The molecule has 2 unspecified atom stereocenters. The molecule has 21 heavy (non-hydrogen) atoms. The van der Waals surface area contributed by atoms with Gasteiger partial charge in [-0.15, -0.1) is 0 Å². The first-order valence-corrected chi connectivity index (χ1v) is 9.64. The average molecular weight is 309 g/mol. The van der Waals surface area contributed by atoms with Crippen LogP contribution in [0.4, 0.5) is 0 Å². The van der Waals surface area contributed by atoms with E-state index >= 15 is 0 Å². The van der Waals surface area contributed by atoms with Crippen LogP contribution in [0.25, 0.3) is 0 Å². The summed E-state index contributed by atoms with van der Waals surface area (Å²) in [7, 11) is -0.963. The molecule has 0 saturated heterocycles. The number of benzene rings is 1.